The van der Waals surface area contributed by atoms with Gasteiger partial charge in [-0.15, -0.1) is 0 Å². The van der Waals surface area contributed by atoms with Gasteiger partial charge in [0.15, 0.2) is 22.2 Å². The highest BCUT2D eigenvalue weighted by molar-refractivity contribution is 6.70. The Morgan fingerprint density at radius 1 is 1.14 bits per heavy atom. The van der Waals surface area contributed by atoms with E-state index < -0.39 is 40.3 Å². The van der Waals surface area contributed by atoms with E-state index in [4.69, 9.17) is 18.3 Å². The van der Waals surface area contributed by atoms with Gasteiger partial charge < -0.3 is 18.3 Å². The third-order valence-electron chi connectivity index (χ3n) is 6.58. The van der Waals surface area contributed by atoms with Crippen LogP contribution in [0.3, 0.4) is 0 Å². The van der Waals surface area contributed by atoms with Crippen molar-refractivity contribution in [3.05, 3.63) is 23.3 Å². The molecule has 2 heterocycles. The minimum Gasteiger partial charge on any atom is -0.459 e. The molecule has 0 aliphatic carbocycles. The van der Waals surface area contributed by atoms with Crippen LogP contribution in [0.5, 0.6) is 0 Å². The fourth-order valence-corrected chi connectivity index (χ4v) is 7.57. The van der Waals surface area contributed by atoms with Crippen LogP contribution in [0.25, 0.3) is 0 Å². The molecule has 4 atom stereocenters. The van der Waals surface area contributed by atoms with E-state index in [0.717, 1.165) is 25.1 Å². The topological polar surface area (TPSA) is 74.3 Å². The van der Waals surface area contributed by atoms with Gasteiger partial charge in [0.1, 0.15) is 12.7 Å². The Labute approximate surface area is 214 Å². The molecule has 7 nitrogen and oxygen atoms in total. The van der Waals surface area contributed by atoms with Crippen molar-refractivity contribution in [3.63, 3.8) is 0 Å². The molecule has 0 spiro atoms. The Kier molecular flexibility index (Phi) is 9.77. The van der Waals surface area contributed by atoms with Crippen molar-refractivity contribution in [2.45, 2.75) is 104 Å². The first-order chi connectivity index (χ1) is 16.0. The van der Waals surface area contributed by atoms with Gasteiger partial charge in [-0.1, -0.05) is 26.0 Å². The highest BCUT2D eigenvalue weighted by atomic mass is 28.4. The van der Waals surface area contributed by atoms with Crippen molar-refractivity contribution >= 4 is 28.6 Å². The Bertz CT molecular complexity index is 842. The number of hydrogen-bond donors (Lipinski definition) is 0. The third kappa shape index (κ3) is 7.38. The number of esters is 2. The van der Waals surface area contributed by atoms with Gasteiger partial charge in [-0.25, -0.2) is 9.59 Å². The predicted molar refractivity (Wildman–Crippen MR) is 144 cm³/mol. The molecule has 35 heavy (non-hydrogen) atoms. The summed E-state index contributed by atoms with van der Waals surface area (Å²) in [6.07, 6.45) is 4.17. The number of carbonyl (C=O) groups excluding carboxylic acids is 2. The van der Waals surface area contributed by atoms with Crippen LogP contribution in [0.2, 0.25) is 39.3 Å². The van der Waals surface area contributed by atoms with Gasteiger partial charge >= 0.3 is 11.9 Å². The lowest BCUT2D eigenvalue weighted by Crippen LogP contribution is -2.61. The molecule has 9 heteroatoms. The van der Waals surface area contributed by atoms with Gasteiger partial charge in [0, 0.05) is 18.7 Å². The molecule has 1 fully saturated rings. The molecule has 0 aromatic heterocycles. The Hall–Kier alpha value is -1.27. The summed E-state index contributed by atoms with van der Waals surface area (Å²) >= 11 is 0. The van der Waals surface area contributed by atoms with E-state index >= 15 is 0 Å². The number of hydrogen-bond acceptors (Lipinski definition) is 7. The first kappa shape index (κ1) is 30.0. The molecule has 200 valence electrons. The molecule has 0 unspecified atom stereocenters. The SMILES string of the molecule is C/C=C(\C)C(=O)O[C@@H](C)[C@](O[Si](C)(C)C)(C(=O)OCC1=CCN2CC[C@H](O[Si](C)(C)C)[C@@H]12)C(C)C. The van der Waals surface area contributed by atoms with Crippen molar-refractivity contribution in [1.29, 1.82) is 0 Å². The zero-order chi connectivity index (χ0) is 26.8. The van der Waals surface area contributed by atoms with E-state index in [2.05, 4.69) is 30.6 Å². The van der Waals surface area contributed by atoms with E-state index in [1.54, 1.807) is 26.8 Å². The molecule has 0 aromatic carbocycles. The fourth-order valence-electron chi connectivity index (χ4n) is 4.92. The van der Waals surface area contributed by atoms with Crippen molar-refractivity contribution in [3.8, 4) is 0 Å². The number of ether oxygens (including phenoxy) is 2. The summed E-state index contributed by atoms with van der Waals surface area (Å²) in [5.74, 6) is -1.20. The quantitative estimate of drug-likeness (QED) is 0.164. The van der Waals surface area contributed by atoms with Crippen LogP contribution in [-0.4, -0.2) is 77.0 Å². The van der Waals surface area contributed by atoms with Crippen LogP contribution in [0.1, 0.15) is 41.0 Å². The number of rotatable bonds is 11. The predicted octanol–water partition coefficient (Wildman–Crippen LogP) is 4.91. The van der Waals surface area contributed by atoms with Crippen LogP contribution in [-0.2, 0) is 27.9 Å². The highest BCUT2D eigenvalue weighted by Crippen LogP contribution is 2.36. The largest absolute Gasteiger partial charge is 0.459 e. The number of fused-ring (bicyclic) bond motifs is 1. The molecular weight excluding hydrogens is 478 g/mol. The van der Waals surface area contributed by atoms with Crippen LogP contribution in [0, 0.1) is 5.92 Å². The van der Waals surface area contributed by atoms with E-state index in [-0.39, 0.29) is 24.7 Å². The molecule has 2 aliphatic heterocycles. The summed E-state index contributed by atoms with van der Waals surface area (Å²) in [6.45, 7) is 23.8. The summed E-state index contributed by atoms with van der Waals surface area (Å²) in [4.78, 5) is 28.8. The maximum Gasteiger partial charge on any atom is 0.341 e. The molecular formula is C26H47NO6Si2. The second-order valence-corrected chi connectivity index (χ2v) is 20.9. The fraction of sp³-hybridized carbons (Fsp3) is 0.769. The molecule has 0 amide bonds. The van der Waals surface area contributed by atoms with E-state index in [9.17, 15) is 9.59 Å². The maximum absolute atomic E-state index is 13.8. The van der Waals surface area contributed by atoms with Crippen molar-refractivity contribution in [2.24, 2.45) is 5.92 Å². The second kappa shape index (κ2) is 11.4. The van der Waals surface area contributed by atoms with Crippen molar-refractivity contribution < 1.29 is 27.9 Å². The molecule has 0 N–H and O–H groups in total. The van der Waals surface area contributed by atoms with Gasteiger partial charge in [0.25, 0.3) is 0 Å². The van der Waals surface area contributed by atoms with E-state index in [1.807, 2.05) is 33.5 Å². The summed E-state index contributed by atoms with van der Waals surface area (Å²) < 4.78 is 24.8. The van der Waals surface area contributed by atoms with Crippen molar-refractivity contribution in [2.75, 3.05) is 19.7 Å². The Morgan fingerprint density at radius 3 is 2.29 bits per heavy atom. The molecule has 2 aliphatic rings. The van der Waals surface area contributed by atoms with Crippen molar-refractivity contribution in [1.82, 2.24) is 4.90 Å². The minimum atomic E-state index is -2.23. The summed E-state index contributed by atoms with van der Waals surface area (Å²) in [5.41, 5.74) is 0.178. The van der Waals surface area contributed by atoms with Gasteiger partial charge in [0.2, 0.25) is 0 Å². The number of allylic oxidation sites excluding steroid dienone is 1. The highest BCUT2D eigenvalue weighted by Gasteiger charge is 2.54. The lowest BCUT2D eigenvalue weighted by atomic mass is 9.85. The zero-order valence-corrected chi connectivity index (χ0v) is 25.7. The average molecular weight is 526 g/mol. The maximum atomic E-state index is 13.8. The van der Waals surface area contributed by atoms with Gasteiger partial charge in [-0.2, -0.15) is 0 Å². The van der Waals surface area contributed by atoms with Gasteiger partial charge in [-0.05, 0) is 78.0 Å². The first-order valence-corrected chi connectivity index (χ1v) is 19.7. The molecule has 1 saturated heterocycles. The smallest absolute Gasteiger partial charge is 0.341 e. The van der Waals surface area contributed by atoms with E-state index in [1.165, 1.54) is 0 Å². The molecule has 0 saturated carbocycles. The average Bonchev–Trinajstić information content (AvgIpc) is 3.30. The first-order valence-electron chi connectivity index (χ1n) is 12.8. The molecule has 0 aromatic rings. The van der Waals surface area contributed by atoms with Crippen LogP contribution < -0.4 is 0 Å². The molecule has 0 radical (unpaired) electrons. The summed E-state index contributed by atoms with van der Waals surface area (Å²) in [5, 5.41) is 0. The second-order valence-electron chi connectivity index (χ2n) is 12.0. The van der Waals surface area contributed by atoms with Crippen LogP contribution >= 0.6 is 0 Å². The summed E-state index contributed by atoms with van der Waals surface area (Å²) in [6, 6.07) is 0.147. The van der Waals surface area contributed by atoms with Gasteiger partial charge in [-0.3, -0.25) is 4.90 Å². The third-order valence-corrected chi connectivity index (χ3v) is 8.54. The number of carbonyl (C=O) groups is 2. The molecule has 0 bridgehead atoms. The van der Waals surface area contributed by atoms with Crippen LogP contribution in [0.4, 0.5) is 0 Å². The Balaban J connectivity index is 2.26. The van der Waals surface area contributed by atoms with Crippen LogP contribution in [0.15, 0.2) is 23.3 Å². The number of nitrogens with zero attached hydrogens (tertiary/aromatic N) is 1. The monoisotopic (exact) mass is 525 g/mol. The lowest BCUT2D eigenvalue weighted by Gasteiger charge is -2.43. The standard InChI is InChI=1S/C26H47NO6Si2/c1-12-19(4)24(28)31-20(5)26(18(2)3,33-35(9,10)11)25(29)30-17-21-13-15-27-16-14-22(23(21)27)32-34(6,7)8/h12-13,18,20,22-23H,14-17H2,1-11H3/b19-12+/t20-,22-,23+,26-/m0/s1. The van der Waals surface area contributed by atoms with Gasteiger partial charge in [0.05, 0.1) is 12.1 Å². The minimum absolute atomic E-state index is 0.130. The normalized spacial score (nSPS) is 24.1. The summed E-state index contributed by atoms with van der Waals surface area (Å²) in [7, 11) is -3.93. The zero-order valence-electron chi connectivity index (χ0n) is 23.7. The lowest BCUT2D eigenvalue weighted by molar-refractivity contribution is -0.187. The molecule has 2 rings (SSSR count). The van der Waals surface area contributed by atoms with E-state index in [0.29, 0.717) is 5.57 Å². The Morgan fingerprint density at radius 2 is 1.77 bits per heavy atom.